The standard InChI is InChI=1S/C23H20ClF3N4O4S/c24-18-13-16(4-5-20(18)35-17-3-1-2-15(12-17)23(25,26)27)30-22-21-19(28-14-29-22)6-7-31(21)8-10-36(33,34)11-9-32/h1-7,12-14,32H,8-11H2,(H,28,29,30). The number of anilines is 2. The molecule has 0 aliphatic carbocycles. The zero-order valence-electron chi connectivity index (χ0n) is 18.5. The van der Waals surface area contributed by atoms with Crippen molar-refractivity contribution in [3.05, 3.63) is 71.6 Å². The fourth-order valence-corrected chi connectivity index (χ4v) is 4.63. The van der Waals surface area contributed by atoms with E-state index in [1.165, 1.54) is 30.6 Å². The molecule has 0 aliphatic rings. The molecule has 0 aliphatic heterocycles. The molecule has 8 nitrogen and oxygen atoms in total. The lowest BCUT2D eigenvalue weighted by atomic mass is 10.2. The van der Waals surface area contributed by atoms with Crippen molar-refractivity contribution in [2.24, 2.45) is 0 Å². The Bertz CT molecular complexity index is 1490. The van der Waals surface area contributed by atoms with E-state index in [1.807, 2.05) is 0 Å². The molecule has 0 fully saturated rings. The van der Waals surface area contributed by atoms with Gasteiger partial charge in [0.15, 0.2) is 15.7 Å². The number of aryl methyl sites for hydroxylation is 1. The molecule has 0 saturated carbocycles. The Morgan fingerprint density at radius 1 is 1.08 bits per heavy atom. The molecular weight excluding hydrogens is 521 g/mol. The Balaban J connectivity index is 1.55. The smallest absolute Gasteiger partial charge is 0.416 e. The second-order valence-electron chi connectivity index (χ2n) is 7.74. The van der Waals surface area contributed by atoms with Crippen molar-refractivity contribution in [1.29, 1.82) is 0 Å². The SMILES string of the molecule is O=S(=O)(CCO)CCn1ccc2ncnc(Nc3ccc(Oc4cccc(C(F)(F)F)c4)c(Cl)c3)c21. The van der Waals surface area contributed by atoms with Crippen molar-refractivity contribution < 1.29 is 31.4 Å². The monoisotopic (exact) mass is 540 g/mol. The van der Waals surface area contributed by atoms with E-state index in [-0.39, 0.29) is 34.6 Å². The first-order valence-corrected chi connectivity index (χ1v) is 12.8. The van der Waals surface area contributed by atoms with Crippen molar-refractivity contribution in [2.45, 2.75) is 12.7 Å². The van der Waals surface area contributed by atoms with Gasteiger partial charge in [-0.1, -0.05) is 17.7 Å². The summed E-state index contributed by atoms with van der Waals surface area (Å²) >= 11 is 6.32. The average molecular weight is 541 g/mol. The maximum absolute atomic E-state index is 13.0. The highest BCUT2D eigenvalue weighted by atomic mass is 35.5. The number of ether oxygens (including phenoxy) is 1. The Hall–Kier alpha value is -3.35. The highest BCUT2D eigenvalue weighted by Crippen LogP contribution is 2.36. The summed E-state index contributed by atoms with van der Waals surface area (Å²) in [5, 5.41) is 12.2. The number of halogens is 4. The molecule has 4 aromatic rings. The number of benzene rings is 2. The number of hydrogen-bond donors (Lipinski definition) is 2. The number of aliphatic hydroxyl groups is 1. The molecule has 2 heterocycles. The molecule has 0 radical (unpaired) electrons. The third kappa shape index (κ3) is 6.07. The van der Waals surface area contributed by atoms with Crippen LogP contribution in [0.2, 0.25) is 5.02 Å². The molecule has 0 bridgehead atoms. The van der Waals surface area contributed by atoms with Crippen molar-refractivity contribution in [3.8, 4) is 11.5 Å². The van der Waals surface area contributed by atoms with Crippen LogP contribution in [-0.2, 0) is 22.6 Å². The first-order valence-electron chi connectivity index (χ1n) is 10.6. The van der Waals surface area contributed by atoms with Gasteiger partial charge in [-0.05, 0) is 42.5 Å². The summed E-state index contributed by atoms with van der Waals surface area (Å²) in [5.41, 5.74) is 0.825. The van der Waals surface area contributed by atoms with Crippen LogP contribution in [0.15, 0.2) is 61.1 Å². The van der Waals surface area contributed by atoms with Gasteiger partial charge in [0.05, 0.1) is 34.2 Å². The number of alkyl halides is 3. The Morgan fingerprint density at radius 2 is 1.89 bits per heavy atom. The van der Waals surface area contributed by atoms with E-state index in [1.54, 1.807) is 22.9 Å². The molecule has 2 N–H and O–H groups in total. The second-order valence-corrected chi connectivity index (χ2v) is 10.4. The zero-order chi connectivity index (χ0) is 25.9. The number of rotatable bonds is 9. The van der Waals surface area contributed by atoms with Gasteiger partial charge in [0, 0.05) is 18.4 Å². The first kappa shape index (κ1) is 25.7. The van der Waals surface area contributed by atoms with E-state index in [0.29, 0.717) is 22.5 Å². The lowest BCUT2D eigenvalue weighted by Gasteiger charge is -2.13. The van der Waals surface area contributed by atoms with Gasteiger partial charge in [0.25, 0.3) is 0 Å². The Labute approximate surface area is 209 Å². The zero-order valence-corrected chi connectivity index (χ0v) is 20.1. The lowest BCUT2D eigenvalue weighted by Crippen LogP contribution is -2.18. The van der Waals surface area contributed by atoms with E-state index < -0.39 is 28.2 Å². The van der Waals surface area contributed by atoms with Gasteiger partial charge in [-0.15, -0.1) is 0 Å². The molecule has 0 saturated heterocycles. The van der Waals surface area contributed by atoms with Crippen LogP contribution in [0, 0.1) is 0 Å². The molecule has 2 aromatic carbocycles. The van der Waals surface area contributed by atoms with Crippen LogP contribution in [0.1, 0.15) is 5.56 Å². The van der Waals surface area contributed by atoms with Gasteiger partial charge in [0.1, 0.15) is 23.3 Å². The summed E-state index contributed by atoms with van der Waals surface area (Å²) in [7, 11) is -3.42. The Kier molecular flexibility index (Phi) is 7.38. The first-order chi connectivity index (χ1) is 17.1. The van der Waals surface area contributed by atoms with E-state index >= 15 is 0 Å². The molecule has 0 unspecified atom stereocenters. The van der Waals surface area contributed by atoms with Crippen LogP contribution in [0.3, 0.4) is 0 Å². The van der Waals surface area contributed by atoms with E-state index in [0.717, 1.165) is 12.1 Å². The molecule has 36 heavy (non-hydrogen) atoms. The largest absolute Gasteiger partial charge is 0.456 e. The summed E-state index contributed by atoms with van der Waals surface area (Å²) < 4.78 is 70.1. The van der Waals surface area contributed by atoms with Crippen LogP contribution in [0.5, 0.6) is 11.5 Å². The van der Waals surface area contributed by atoms with Crippen LogP contribution in [-0.4, -0.2) is 46.2 Å². The average Bonchev–Trinajstić information content (AvgIpc) is 3.23. The summed E-state index contributed by atoms with van der Waals surface area (Å²) in [6.07, 6.45) is -1.46. The maximum Gasteiger partial charge on any atom is 0.416 e. The molecule has 13 heteroatoms. The lowest BCUT2D eigenvalue weighted by molar-refractivity contribution is -0.137. The molecule has 190 valence electrons. The van der Waals surface area contributed by atoms with Crippen LogP contribution in [0.4, 0.5) is 24.7 Å². The summed E-state index contributed by atoms with van der Waals surface area (Å²) in [6, 6.07) is 10.8. The fraction of sp³-hybridized carbons (Fsp3) is 0.217. The fourth-order valence-electron chi connectivity index (χ4n) is 3.45. The molecule has 4 rings (SSSR count). The molecule has 0 amide bonds. The van der Waals surface area contributed by atoms with Crippen LogP contribution < -0.4 is 10.1 Å². The molecule has 0 spiro atoms. The predicted molar refractivity (Wildman–Crippen MR) is 130 cm³/mol. The number of fused-ring (bicyclic) bond motifs is 1. The minimum Gasteiger partial charge on any atom is -0.456 e. The minimum absolute atomic E-state index is 0.0149. The normalized spacial score (nSPS) is 12.1. The van der Waals surface area contributed by atoms with Gasteiger partial charge in [-0.25, -0.2) is 18.4 Å². The van der Waals surface area contributed by atoms with Gasteiger partial charge >= 0.3 is 6.18 Å². The summed E-state index contributed by atoms with van der Waals surface area (Å²) in [6.45, 7) is -0.308. The van der Waals surface area contributed by atoms with Gasteiger partial charge in [-0.3, -0.25) is 0 Å². The number of sulfone groups is 1. The minimum atomic E-state index is -4.50. The van der Waals surface area contributed by atoms with Gasteiger partial charge in [-0.2, -0.15) is 13.2 Å². The third-order valence-corrected chi connectivity index (χ3v) is 7.08. The Morgan fingerprint density at radius 3 is 2.61 bits per heavy atom. The van der Waals surface area contributed by atoms with Crippen molar-refractivity contribution in [2.75, 3.05) is 23.4 Å². The van der Waals surface area contributed by atoms with Crippen molar-refractivity contribution in [3.63, 3.8) is 0 Å². The quantitative estimate of drug-likeness (QED) is 0.306. The summed E-state index contributed by atoms with van der Waals surface area (Å²) in [4.78, 5) is 8.46. The molecule has 2 aromatic heterocycles. The van der Waals surface area contributed by atoms with E-state index in [9.17, 15) is 21.6 Å². The number of aromatic nitrogens is 3. The summed E-state index contributed by atoms with van der Waals surface area (Å²) in [5.74, 6) is 0.0539. The number of nitrogens with zero attached hydrogens (tertiary/aromatic N) is 3. The number of aliphatic hydroxyl groups excluding tert-OH is 1. The second kappa shape index (κ2) is 10.3. The van der Waals surface area contributed by atoms with Crippen LogP contribution in [0.25, 0.3) is 11.0 Å². The van der Waals surface area contributed by atoms with Crippen molar-refractivity contribution >= 4 is 44.0 Å². The highest BCUT2D eigenvalue weighted by molar-refractivity contribution is 7.91. The topological polar surface area (TPSA) is 106 Å². The van der Waals surface area contributed by atoms with Crippen LogP contribution >= 0.6 is 11.6 Å². The van der Waals surface area contributed by atoms with Gasteiger partial charge < -0.3 is 19.7 Å². The van der Waals surface area contributed by atoms with Gasteiger partial charge in [0.2, 0.25) is 0 Å². The van der Waals surface area contributed by atoms with Crippen molar-refractivity contribution in [1.82, 2.24) is 14.5 Å². The number of hydrogen-bond acceptors (Lipinski definition) is 7. The predicted octanol–water partition coefficient (Wildman–Crippen LogP) is 5.05. The van der Waals surface area contributed by atoms with E-state index in [2.05, 4.69) is 15.3 Å². The molecular formula is C23H20ClF3N4O4S. The highest BCUT2D eigenvalue weighted by Gasteiger charge is 2.30. The van der Waals surface area contributed by atoms with E-state index in [4.69, 9.17) is 21.4 Å². The number of nitrogens with one attached hydrogen (secondary N) is 1. The third-order valence-electron chi connectivity index (χ3n) is 5.18. The molecule has 0 atom stereocenters. The maximum atomic E-state index is 13.0.